The van der Waals surface area contributed by atoms with Crippen molar-refractivity contribution in [3.05, 3.63) is 57.7 Å². The molecule has 7 heteroatoms. The van der Waals surface area contributed by atoms with Crippen LogP contribution in [-0.4, -0.2) is 78.5 Å². The third kappa shape index (κ3) is 4.34. The highest BCUT2D eigenvalue weighted by Gasteiger charge is 2.28. The molecule has 2 aliphatic rings. The van der Waals surface area contributed by atoms with Gasteiger partial charge in [0.1, 0.15) is 6.07 Å². The minimum Gasteiger partial charge on any atom is -0.395 e. The first kappa shape index (κ1) is 21.5. The monoisotopic (exact) mass is 420 g/mol. The van der Waals surface area contributed by atoms with Gasteiger partial charge in [0.2, 0.25) is 0 Å². The van der Waals surface area contributed by atoms with Gasteiger partial charge in [-0.1, -0.05) is 18.2 Å². The van der Waals surface area contributed by atoms with E-state index in [0.717, 1.165) is 37.4 Å². The second-order valence-electron chi connectivity index (χ2n) is 8.27. The van der Waals surface area contributed by atoms with Crippen LogP contribution in [0.4, 0.5) is 11.4 Å². The number of hydrogen-bond donors (Lipinski definition) is 2. The number of aliphatic hydroxyl groups excluding tert-OH is 2. The number of fused-ring (bicyclic) bond motifs is 4. The van der Waals surface area contributed by atoms with E-state index in [2.05, 4.69) is 15.9 Å². The van der Waals surface area contributed by atoms with Crippen LogP contribution in [0, 0.1) is 18.3 Å². The highest BCUT2D eigenvalue weighted by Crippen LogP contribution is 2.41. The van der Waals surface area contributed by atoms with Gasteiger partial charge in [-0.2, -0.15) is 5.26 Å². The summed E-state index contributed by atoms with van der Waals surface area (Å²) >= 11 is 0. The number of aryl methyl sites for hydroxylation is 1. The van der Waals surface area contributed by atoms with Gasteiger partial charge in [0.15, 0.2) is 5.43 Å². The van der Waals surface area contributed by atoms with Gasteiger partial charge < -0.3 is 15.1 Å². The lowest BCUT2D eigenvalue weighted by Crippen LogP contribution is -2.50. The van der Waals surface area contributed by atoms with Crippen LogP contribution in [0.3, 0.4) is 0 Å². The number of nitriles is 1. The number of aliphatic hydroxyl groups is 2. The van der Waals surface area contributed by atoms with Gasteiger partial charge in [-0.3, -0.25) is 14.6 Å². The topological polar surface area (TPSA) is 91.0 Å². The van der Waals surface area contributed by atoms with Gasteiger partial charge in [0, 0.05) is 56.1 Å². The Bertz CT molecular complexity index is 1060. The Morgan fingerprint density at radius 3 is 2.45 bits per heavy atom. The molecule has 1 atom stereocenters. The molecule has 2 heterocycles. The fourth-order valence-electron chi connectivity index (χ4n) is 4.56. The molecule has 2 aliphatic heterocycles. The van der Waals surface area contributed by atoms with Crippen molar-refractivity contribution in [1.82, 2.24) is 9.80 Å². The molecule has 7 nitrogen and oxygen atoms in total. The normalized spacial score (nSPS) is 17.2. The van der Waals surface area contributed by atoms with Gasteiger partial charge in [0.05, 0.1) is 30.5 Å². The van der Waals surface area contributed by atoms with Crippen molar-refractivity contribution in [3.63, 3.8) is 0 Å². The fraction of sp³-hybridized carbons (Fsp3) is 0.417. The second kappa shape index (κ2) is 9.16. The maximum atomic E-state index is 12.7. The third-order valence-electron chi connectivity index (χ3n) is 6.18. The fourth-order valence-corrected chi connectivity index (χ4v) is 4.56. The third-order valence-corrected chi connectivity index (χ3v) is 6.18. The summed E-state index contributed by atoms with van der Waals surface area (Å²) in [5, 5.41) is 29.9. The van der Waals surface area contributed by atoms with Crippen molar-refractivity contribution < 1.29 is 10.2 Å². The molecule has 4 rings (SSSR count). The number of nitrogens with zero attached hydrogens (tertiary/aromatic N) is 4. The lowest BCUT2D eigenvalue weighted by Gasteiger charge is -2.37. The number of anilines is 2. The molecule has 162 valence electrons. The number of rotatable bonds is 6. The predicted octanol–water partition coefficient (Wildman–Crippen LogP) is 1.32. The van der Waals surface area contributed by atoms with E-state index in [-0.39, 0.29) is 12.0 Å². The zero-order valence-corrected chi connectivity index (χ0v) is 17.8. The second-order valence-corrected chi connectivity index (χ2v) is 8.27. The van der Waals surface area contributed by atoms with Crippen molar-refractivity contribution in [2.75, 3.05) is 57.3 Å². The first-order valence-electron chi connectivity index (χ1n) is 10.7. The zero-order chi connectivity index (χ0) is 22.0. The molecule has 0 radical (unpaired) electrons. The maximum absolute atomic E-state index is 12.7. The van der Waals surface area contributed by atoms with Crippen LogP contribution < -0.4 is 10.3 Å². The van der Waals surface area contributed by atoms with Crippen LogP contribution in [-0.2, 0) is 0 Å². The molecular formula is C24H28N4O3. The van der Waals surface area contributed by atoms with E-state index < -0.39 is 6.10 Å². The average Bonchev–Trinajstić information content (AvgIpc) is 2.87. The van der Waals surface area contributed by atoms with E-state index >= 15 is 0 Å². The van der Waals surface area contributed by atoms with Crippen LogP contribution in [0.25, 0.3) is 11.1 Å². The van der Waals surface area contributed by atoms with Crippen molar-refractivity contribution >= 4 is 11.4 Å². The summed E-state index contributed by atoms with van der Waals surface area (Å²) in [6.07, 6.45) is -0.622. The highest BCUT2D eigenvalue weighted by atomic mass is 16.3. The summed E-state index contributed by atoms with van der Waals surface area (Å²) in [4.78, 5) is 19.2. The van der Waals surface area contributed by atoms with Crippen LogP contribution in [0.5, 0.6) is 0 Å². The Morgan fingerprint density at radius 1 is 1.03 bits per heavy atom. The molecule has 0 spiro atoms. The number of para-hydroxylation sites is 1. The summed E-state index contributed by atoms with van der Waals surface area (Å²) in [5.41, 5.74) is 3.91. The highest BCUT2D eigenvalue weighted by molar-refractivity contribution is 5.90. The van der Waals surface area contributed by atoms with E-state index in [1.165, 1.54) is 6.07 Å². The molecule has 1 fully saturated rings. The molecule has 1 saturated heterocycles. The molecular weight excluding hydrogens is 392 g/mol. The number of β-amino-alcohol motifs (C(OH)–C–C–N with tert-alkyl or cyclic N) is 2. The maximum Gasteiger partial charge on any atom is 0.186 e. The summed E-state index contributed by atoms with van der Waals surface area (Å²) in [6.45, 7) is 6.95. The van der Waals surface area contributed by atoms with Gasteiger partial charge in [-0.25, -0.2) is 0 Å². The largest absolute Gasteiger partial charge is 0.395 e. The van der Waals surface area contributed by atoms with E-state index in [1.807, 2.05) is 29.2 Å². The SMILES string of the molecule is Cc1cc(=O)c2cc(c1C#N)N(CC(O)CN1CCN(CCO)CC1)c1ccccc1-2. The predicted molar refractivity (Wildman–Crippen MR) is 121 cm³/mol. The molecule has 0 aliphatic carbocycles. The Kier molecular flexibility index (Phi) is 6.35. The van der Waals surface area contributed by atoms with E-state index in [0.29, 0.717) is 42.0 Å². The Balaban J connectivity index is 1.60. The minimum atomic E-state index is -0.622. The lowest BCUT2D eigenvalue weighted by atomic mass is 9.98. The molecule has 1 unspecified atom stereocenters. The van der Waals surface area contributed by atoms with Gasteiger partial charge in [0.25, 0.3) is 0 Å². The van der Waals surface area contributed by atoms with Crippen LogP contribution >= 0.6 is 0 Å². The smallest absolute Gasteiger partial charge is 0.186 e. The van der Waals surface area contributed by atoms with Gasteiger partial charge in [-0.05, 0) is 30.7 Å². The first-order valence-corrected chi connectivity index (χ1v) is 10.7. The van der Waals surface area contributed by atoms with Crippen molar-refractivity contribution in [2.45, 2.75) is 13.0 Å². The van der Waals surface area contributed by atoms with Crippen molar-refractivity contribution in [1.29, 1.82) is 5.26 Å². The zero-order valence-electron chi connectivity index (χ0n) is 17.8. The van der Waals surface area contributed by atoms with Crippen LogP contribution in [0.2, 0.25) is 0 Å². The molecule has 2 aromatic carbocycles. The molecule has 2 bridgehead atoms. The Labute approximate surface area is 182 Å². The van der Waals surface area contributed by atoms with Gasteiger partial charge >= 0.3 is 0 Å². The van der Waals surface area contributed by atoms with E-state index in [9.17, 15) is 15.2 Å². The van der Waals surface area contributed by atoms with Gasteiger partial charge in [-0.15, -0.1) is 0 Å². The minimum absolute atomic E-state index is 0.103. The summed E-state index contributed by atoms with van der Waals surface area (Å²) in [7, 11) is 0. The van der Waals surface area contributed by atoms with E-state index in [4.69, 9.17) is 5.11 Å². The standard InChI is InChI=1S/C24H28N4O3/c1-17-12-24(31)20-13-23(21(17)14-25)28(22-5-3-2-4-19(20)22)16-18(30)15-27-8-6-26(7-9-27)10-11-29/h2-5,12-13,18,29-30H,6-11,15-16H2,1H3. The number of benzene rings is 1. The summed E-state index contributed by atoms with van der Waals surface area (Å²) in [5.74, 6) is 0. The van der Waals surface area contributed by atoms with Crippen LogP contribution in [0.1, 0.15) is 11.1 Å². The molecule has 0 aromatic heterocycles. The molecule has 2 N–H and O–H groups in total. The van der Waals surface area contributed by atoms with Crippen LogP contribution in [0.15, 0.2) is 41.2 Å². The van der Waals surface area contributed by atoms with Crippen molar-refractivity contribution in [2.24, 2.45) is 0 Å². The summed E-state index contributed by atoms with van der Waals surface area (Å²) in [6, 6.07) is 13.2. The lowest BCUT2D eigenvalue weighted by molar-refractivity contribution is 0.0695. The number of piperazine rings is 1. The summed E-state index contributed by atoms with van der Waals surface area (Å²) < 4.78 is 0. The molecule has 2 aromatic rings. The molecule has 0 amide bonds. The molecule has 31 heavy (non-hydrogen) atoms. The first-order chi connectivity index (χ1) is 15.0. The quantitative estimate of drug-likeness (QED) is 0.728. The Hall–Kier alpha value is -2.76. The molecule has 0 saturated carbocycles. The van der Waals surface area contributed by atoms with E-state index in [1.54, 1.807) is 13.0 Å². The Morgan fingerprint density at radius 2 is 1.74 bits per heavy atom. The average molecular weight is 421 g/mol. The van der Waals surface area contributed by atoms with Crippen molar-refractivity contribution in [3.8, 4) is 17.2 Å². The number of hydrogen-bond acceptors (Lipinski definition) is 7.